The van der Waals surface area contributed by atoms with Crippen molar-refractivity contribution in [1.82, 2.24) is 20.2 Å². The van der Waals surface area contributed by atoms with Crippen molar-refractivity contribution in [1.29, 1.82) is 0 Å². The molecular formula is C17H19N5O5. The Labute approximate surface area is 154 Å². The summed E-state index contributed by atoms with van der Waals surface area (Å²) in [4.78, 5) is 25.3. The normalized spacial score (nSPS) is 29.6. The first-order chi connectivity index (χ1) is 13.1. The number of carbonyl (C=O) groups excluding carboxylic acids is 1. The number of H-pyrrole nitrogens is 1. The van der Waals surface area contributed by atoms with E-state index < -0.39 is 30.7 Å². The fourth-order valence-electron chi connectivity index (χ4n) is 3.33. The Morgan fingerprint density at radius 1 is 1.37 bits per heavy atom. The summed E-state index contributed by atoms with van der Waals surface area (Å²) in [5.74, 6) is -0.00619. The second-order valence-corrected chi connectivity index (χ2v) is 6.36. The van der Waals surface area contributed by atoms with Gasteiger partial charge < -0.3 is 35.3 Å². The number of aliphatic imine (C=N–C) groups is 1. The average Bonchev–Trinajstić information content (AvgIpc) is 3.29. The van der Waals surface area contributed by atoms with Gasteiger partial charge in [-0.15, -0.1) is 0 Å². The van der Waals surface area contributed by atoms with Crippen LogP contribution < -0.4 is 5.32 Å². The molecule has 0 saturated carbocycles. The van der Waals surface area contributed by atoms with Crippen LogP contribution in [-0.4, -0.2) is 73.6 Å². The van der Waals surface area contributed by atoms with E-state index >= 15 is 0 Å². The van der Waals surface area contributed by atoms with Crippen LogP contribution in [0.1, 0.15) is 22.2 Å². The number of nitrogens with one attached hydrogen (secondary N) is 2. The molecule has 1 amide bonds. The van der Waals surface area contributed by atoms with Crippen LogP contribution in [0.5, 0.6) is 0 Å². The Morgan fingerprint density at radius 3 is 2.81 bits per heavy atom. The zero-order chi connectivity index (χ0) is 19.0. The molecule has 0 aliphatic carbocycles. The van der Waals surface area contributed by atoms with Gasteiger partial charge in [-0.3, -0.25) is 4.79 Å². The fraction of sp³-hybridized carbons (Fsp3) is 0.353. The number of nitrogens with zero attached hydrogens (tertiary/aromatic N) is 3. The minimum atomic E-state index is -1.67. The van der Waals surface area contributed by atoms with Crippen molar-refractivity contribution in [3.63, 3.8) is 0 Å². The van der Waals surface area contributed by atoms with Crippen LogP contribution in [-0.2, 0) is 4.74 Å². The van der Waals surface area contributed by atoms with Crippen molar-refractivity contribution in [3.8, 4) is 0 Å². The molecule has 3 heterocycles. The van der Waals surface area contributed by atoms with Gasteiger partial charge in [0.15, 0.2) is 17.7 Å². The number of ether oxygens (including phenoxy) is 1. The molecule has 1 aromatic carbocycles. The molecule has 4 atom stereocenters. The van der Waals surface area contributed by atoms with Gasteiger partial charge in [0.2, 0.25) is 0 Å². The third kappa shape index (κ3) is 2.79. The molecule has 1 fully saturated rings. The highest BCUT2D eigenvalue weighted by Crippen LogP contribution is 2.38. The second-order valence-electron chi connectivity index (χ2n) is 6.36. The number of benzene rings is 1. The van der Waals surface area contributed by atoms with Gasteiger partial charge in [-0.25, -0.2) is 9.98 Å². The topological polar surface area (TPSA) is 143 Å². The predicted molar refractivity (Wildman–Crippen MR) is 93.0 cm³/mol. The first kappa shape index (κ1) is 17.6. The molecule has 142 valence electrons. The fourth-order valence-corrected chi connectivity index (χ4v) is 3.33. The van der Waals surface area contributed by atoms with Crippen LogP contribution in [0.15, 0.2) is 41.7 Å². The molecule has 2 aliphatic rings. The second kappa shape index (κ2) is 6.74. The maximum absolute atomic E-state index is 12.7. The number of aromatic nitrogens is 2. The van der Waals surface area contributed by atoms with Crippen LogP contribution in [0.25, 0.3) is 0 Å². The van der Waals surface area contributed by atoms with Crippen LogP contribution in [0, 0.1) is 0 Å². The lowest BCUT2D eigenvalue weighted by Gasteiger charge is -2.45. The monoisotopic (exact) mass is 373 g/mol. The number of imidazole rings is 1. The first-order valence-electron chi connectivity index (χ1n) is 8.39. The Kier molecular flexibility index (Phi) is 4.40. The molecule has 0 bridgehead atoms. The van der Waals surface area contributed by atoms with Gasteiger partial charge in [-0.2, -0.15) is 0 Å². The number of aliphatic hydroxyl groups is 3. The number of aliphatic hydroxyl groups excluding tert-OH is 3. The summed E-state index contributed by atoms with van der Waals surface area (Å²) in [6.07, 6.45) is -0.690. The Morgan fingerprint density at radius 2 is 2.15 bits per heavy atom. The number of carbonyl (C=O) groups is 1. The summed E-state index contributed by atoms with van der Waals surface area (Å²) in [6, 6.07) is 8.61. The van der Waals surface area contributed by atoms with E-state index in [1.807, 2.05) is 0 Å². The van der Waals surface area contributed by atoms with Gasteiger partial charge in [-0.05, 0) is 12.1 Å². The van der Waals surface area contributed by atoms with Crippen molar-refractivity contribution in [2.24, 2.45) is 4.99 Å². The lowest BCUT2D eigenvalue weighted by molar-refractivity contribution is -0.179. The average molecular weight is 373 g/mol. The van der Waals surface area contributed by atoms with E-state index in [2.05, 4.69) is 20.3 Å². The van der Waals surface area contributed by atoms with Crippen molar-refractivity contribution in [3.05, 3.63) is 47.9 Å². The van der Waals surface area contributed by atoms with Crippen LogP contribution in [0.2, 0.25) is 0 Å². The summed E-state index contributed by atoms with van der Waals surface area (Å²) >= 11 is 0. The first-order valence-corrected chi connectivity index (χ1v) is 8.39. The Balaban J connectivity index is 1.71. The van der Waals surface area contributed by atoms with E-state index in [1.54, 1.807) is 30.3 Å². The molecule has 10 nitrogen and oxygen atoms in total. The SMILES string of the molecule is O=C(NC1c2[nH]cnc2N=CN1[C@@]1(CO)OC[C@@H](O)[C@@H]1O)c1ccccc1. The van der Waals surface area contributed by atoms with Gasteiger partial charge in [0.1, 0.15) is 17.9 Å². The molecule has 0 spiro atoms. The molecule has 2 aliphatic heterocycles. The van der Waals surface area contributed by atoms with E-state index in [9.17, 15) is 20.1 Å². The van der Waals surface area contributed by atoms with E-state index in [-0.39, 0.29) is 12.5 Å². The van der Waals surface area contributed by atoms with Crippen molar-refractivity contribution in [2.45, 2.75) is 24.1 Å². The van der Waals surface area contributed by atoms with Gasteiger partial charge >= 0.3 is 0 Å². The van der Waals surface area contributed by atoms with Crippen LogP contribution >= 0.6 is 0 Å². The number of hydrogen-bond acceptors (Lipinski definition) is 8. The number of hydrogen-bond donors (Lipinski definition) is 5. The van der Waals surface area contributed by atoms with Crippen molar-refractivity contribution in [2.75, 3.05) is 13.2 Å². The minimum absolute atomic E-state index is 0.165. The number of aromatic amines is 1. The highest BCUT2D eigenvalue weighted by atomic mass is 16.6. The third-order valence-corrected chi connectivity index (χ3v) is 4.80. The molecule has 27 heavy (non-hydrogen) atoms. The molecule has 1 unspecified atom stereocenters. The third-order valence-electron chi connectivity index (χ3n) is 4.80. The molecule has 0 radical (unpaired) electrons. The highest BCUT2D eigenvalue weighted by molar-refractivity contribution is 5.94. The molecular weight excluding hydrogens is 354 g/mol. The van der Waals surface area contributed by atoms with Gasteiger partial charge in [0.25, 0.3) is 5.91 Å². The summed E-state index contributed by atoms with van der Waals surface area (Å²) in [7, 11) is 0. The van der Waals surface area contributed by atoms with E-state index in [0.29, 0.717) is 17.1 Å². The standard InChI is InChI=1S/C17H19N5O5/c23-7-17(13(25)11(24)6-27-17)22-9-20-14-12(18-8-19-14)15(22)21-16(26)10-4-2-1-3-5-10/h1-5,8-9,11,13,15,23-25H,6-7H2,(H,18,19)(H,21,26)/t11-,13+,15?,17+/m1/s1. The van der Waals surface area contributed by atoms with E-state index in [0.717, 1.165) is 0 Å². The van der Waals surface area contributed by atoms with Gasteiger partial charge in [0, 0.05) is 5.56 Å². The largest absolute Gasteiger partial charge is 0.391 e. The molecule has 1 aromatic heterocycles. The summed E-state index contributed by atoms with van der Waals surface area (Å²) in [5, 5.41) is 33.2. The smallest absolute Gasteiger partial charge is 0.253 e. The number of fused-ring (bicyclic) bond motifs is 1. The highest BCUT2D eigenvalue weighted by Gasteiger charge is 2.55. The van der Waals surface area contributed by atoms with Crippen LogP contribution in [0.4, 0.5) is 5.82 Å². The molecule has 1 saturated heterocycles. The quantitative estimate of drug-likeness (QED) is 0.475. The molecule has 5 N–H and O–H groups in total. The lowest BCUT2D eigenvalue weighted by Crippen LogP contribution is -2.62. The number of rotatable bonds is 4. The molecule has 2 aromatic rings. The van der Waals surface area contributed by atoms with Crippen molar-refractivity contribution >= 4 is 18.1 Å². The van der Waals surface area contributed by atoms with Crippen molar-refractivity contribution < 1.29 is 24.9 Å². The Hall–Kier alpha value is -2.79. The Bertz CT molecular complexity index is 856. The summed E-state index contributed by atoms with van der Waals surface area (Å²) in [5.41, 5.74) is -0.765. The van der Waals surface area contributed by atoms with Gasteiger partial charge in [0.05, 0.1) is 25.9 Å². The van der Waals surface area contributed by atoms with E-state index in [1.165, 1.54) is 17.6 Å². The summed E-state index contributed by atoms with van der Waals surface area (Å²) < 4.78 is 5.56. The lowest BCUT2D eigenvalue weighted by atomic mass is 10.0. The molecule has 10 heteroatoms. The number of amides is 1. The predicted octanol–water partition coefficient (Wildman–Crippen LogP) is -0.746. The zero-order valence-electron chi connectivity index (χ0n) is 14.2. The van der Waals surface area contributed by atoms with Crippen LogP contribution in [0.3, 0.4) is 0 Å². The zero-order valence-corrected chi connectivity index (χ0v) is 14.2. The van der Waals surface area contributed by atoms with E-state index in [4.69, 9.17) is 4.74 Å². The maximum atomic E-state index is 12.7. The minimum Gasteiger partial charge on any atom is -0.391 e. The molecule has 4 rings (SSSR count). The van der Waals surface area contributed by atoms with Gasteiger partial charge in [-0.1, -0.05) is 18.2 Å². The maximum Gasteiger partial charge on any atom is 0.253 e. The summed E-state index contributed by atoms with van der Waals surface area (Å²) in [6.45, 7) is -0.792.